The first-order chi connectivity index (χ1) is 29.7. The van der Waals surface area contributed by atoms with Crippen LogP contribution in [0, 0.1) is 0 Å². The summed E-state index contributed by atoms with van der Waals surface area (Å²) in [5, 5.41) is 12.3. The van der Waals surface area contributed by atoms with Gasteiger partial charge >= 0.3 is 0 Å². The third kappa shape index (κ3) is 5.46. The minimum Gasteiger partial charge on any atom is -0.327 e. The monoisotopic (exact) mass is 762 g/mol. The van der Waals surface area contributed by atoms with Gasteiger partial charge in [0.2, 0.25) is 0 Å². The molecule has 0 fully saturated rings. The Balaban J connectivity index is 1.16. The summed E-state index contributed by atoms with van der Waals surface area (Å²) in [6, 6.07) is 77.9. The van der Waals surface area contributed by atoms with Crippen molar-refractivity contribution < 1.29 is 0 Å². The Kier molecular flexibility index (Phi) is 7.79. The molecule has 2 nitrogen and oxygen atoms in total. The van der Waals surface area contributed by atoms with Crippen LogP contribution in [0.4, 0.5) is 0 Å². The Labute approximate surface area is 348 Å². The Hall–Kier alpha value is -7.81. The minimum atomic E-state index is 0.961. The van der Waals surface area contributed by atoms with E-state index in [4.69, 9.17) is 4.98 Å². The fourth-order valence-corrected chi connectivity index (χ4v) is 9.72. The summed E-state index contributed by atoms with van der Waals surface area (Å²) < 4.78 is 2.25. The molecule has 0 spiro atoms. The van der Waals surface area contributed by atoms with Crippen molar-refractivity contribution in [2.45, 2.75) is 0 Å². The summed E-state index contributed by atoms with van der Waals surface area (Å²) in [7, 11) is 2.14. The lowest BCUT2D eigenvalue weighted by Gasteiger charge is -2.20. The van der Waals surface area contributed by atoms with E-state index < -0.39 is 0 Å². The van der Waals surface area contributed by atoms with Crippen LogP contribution in [0.5, 0.6) is 0 Å². The van der Waals surface area contributed by atoms with Crippen molar-refractivity contribution in [3.8, 4) is 55.9 Å². The highest BCUT2D eigenvalue weighted by Gasteiger charge is 2.21. The van der Waals surface area contributed by atoms with Crippen molar-refractivity contribution in [1.29, 1.82) is 0 Å². The molecule has 0 bridgehead atoms. The zero-order valence-electron chi connectivity index (χ0n) is 33.1. The number of imidazole rings is 1. The second kappa shape index (κ2) is 13.7. The number of hydrogen-bond donors (Lipinski definition) is 0. The van der Waals surface area contributed by atoms with E-state index in [1.54, 1.807) is 0 Å². The molecule has 0 N–H and O–H groups in total. The molecule has 1 aromatic heterocycles. The van der Waals surface area contributed by atoms with Gasteiger partial charge in [0.25, 0.3) is 0 Å². The third-order valence-corrected chi connectivity index (χ3v) is 12.5. The van der Waals surface area contributed by atoms with Crippen molar-refractivity contribution in [3.63, 3.8) is 0 Å². The molecule has 0 radical (unpaired) electrons. The zero-order chi connectivity index (χ0) is 39.7. The predicted molar refractivity (Wildman–Crippen MR) is 255 cm³/mol. The van der Waals surface area contributed by atoms with Crippen LogP contribution in [0.15, 0.2) is 212 Å². The van der Waals surface area contributed by atoms with Crippen molar-refractivity contribution >= 4 is 64.9 Å². The van der Waals surface area contributed by atoms with Gasteiger partial charge in [-0.05, 0) is 129 Å². The van der Waals surface area contributed by atoms with Gasteiger partial charge in [-0.15, -0.1) is 0 Å². The molecule has 0 unspecified atom stereocenters. The molecular formula is C58H38N2. The highest BCUT2D eigenvalue weighted by atomic mass is 15.1. The normalized spacial score (nSPS) is 11.8. The van der Waals surface area contributed by atoms with Crippen LogP contribution >= 0.6 is 0 Å². The van der Waals surface area contributed by atoms with E-state index in [9.17, 15) is 0 Å². The molecule has 0 amide bonds. The maximum absolute atomic E-state index is 5.32. The molecule has 0 saturated carbocycles. The highest BCUT2D eigenvalue weighted by molar-refractivity contribution is 6.22. The van der Waals surface area contributed by atoms with Gasteiger partial charge in [0.1, 0.15) is 5.82 Å². The molecule has 0 aliphatic rings. The molecular weight excluding hydrogens is 725 g/mol. The Bertz CT molecular complexity index is 3610. The molecule has 12 rings (SSSR count). The minimum absolute atomic E-state index is 0.961. The second-order valence-electron chi connectivity index (χ2n) is 16.0. The van der Waals surface area contributed by atoms with Gasteiger partial charge in [0.15, 0.2) is 0 Å². The Morgan fingerprint density at radius 3 is 1.42 bits per heavy atom. The largest absolute Gasteiger partial charge is 0.327 e. The molecule has 12 aromatic rings. The molecule has 0 atom stereocenters. The first-order valence-electron chi connectivity index (χ1n) is 20.7. The smallest absolute Gasteiger partial charge is 0.140 e. The maximum atomic E-state index is 5.32. The van der Waals surface area contributed by atoms with Gasteiger partial charge in [-0.3, -0.25) is 0 Å². The van der Waals surface area contributed by atoms with Crippen LogP contribution in [0.25, 0.3) is 121 Å². The average molecular weight is 763 g/mol. The summed E-state index contributed by atoms with van der Waals surface area (Å²) in [4.78, 5) is 5.32. The molecule has 11 aromatic carbocycles. The SMILES string of the molecule is Cn1c(-c2ccccc2)nc2cc(-c3cc(-c4ccc5ccccc5c4)cc(-c4c5ccccc5c(-c5ccc6ccccc6c5)c5ccccc45)c3)c3ccccc3c21. The molecule has 0 saturated heterocycles. The number of rotatable bonds is 5. The summed E-state index contributed by atoms with van der Waals surface area (Å²) in [5.41, 5.74) is 12.8. The average Bonchev–Trinajstić information content (AvgIpc) is 3.66. The molecule has 0 aliphatic carbocycles. The van der Waals surface area contributed by atoms with Gasteiger partial charge in [0.05, 0.1) is 11.0 Å². The number of hydrogen-bond acceptors (Lipinski definition) is 1. The van der Waals surface area contributed by atoms with Crippen molar-refractivity contribution in [2.24, 2.45) is 7.05 Å². The van der Waals surface area contributed by atoms with E-state index >= 15 is 0 Å². The first kappa shape index (κ1) is 34.3. The lowest BCUT2D eigenvalue weighted by atomic mass is 9.84. The standard InChI is InChI=1S/C58H38N2/c1-60-57-52-26-14-9-21-47(52)53(36-54(57)59-58(60)39-17-3-2-4-18-39)45-33-44(42-29-27-37-15-5-7-19-40(37)31-42)34-46(35-45)56-50-24-12-10-22-48(50)55(49-23-11-13-25-51(49)56)43-30-28-38-16-6-8-20-41(38)32-43/h2-36H,1H3. The van der Waals surface area contributed by atoms with E-state index in [2.05, 4.69) is 224 Å². The molecule has 0 aliphatic heterocycles. The number of aromatic nitrogens is 2. The van der Waals surface area contributed by atoms with Gasteiger partial charge in [-0.1, -0.05) is 176 Å². The Morgan fingerprint density at radius 1 is 0.317 bits per heavy atom. The van der Waals surface area contributed by atoms with Gasteiger partial charge in [0, 0.05) is 18.0 Å². The van der Waals surface area contributed by atoms with Crippen molar-refractivity contribution in [2.75, 3.05) is 0 Å². The molecule has 280 valence electrons. The van der Waals surface area contributed by atoms with Crippen molar-refractivity contribution in [3.05, 3.63) is 212 Å². The van der Waals surface area contributed by atoms with E-state index in [0.717, 1.165) is 28.0 Å². The van der Waals surface area contributed by atoms with Crippen LogP contribution in [-0.2, 0) is 7.05 Å². The van der Waals surface area contributed by atoms with E-state index in [1.807, 2.05) is 0 Å². The topological polar surface area (TPSA) is 17.8 Å². The van der Waals surface area contributed by atoms with E-state index in [1.165, 1.54) is 92.8 Å². The third-order valence-electron chi connectivity index (χ3n) is 12.5. The number of benzene rings is 11. The lowest BCUT2D eigenvalue weighted by Crippen LogP contribution is -1.94. The van der Waals surface area contributed by atoms with Gasteiger partial charge in [-0.2, -0.15) is 0 Å². The number of fused-ring (bicyclic) bond motifs is 7. The summed E-state index contributed by atoms with van der Waals surface area (Å²) in [5.74, 6) is 0.961. The summed E-state index contributed by atoms with van der Waals surface area (Å²) >= 11 is 0. The molecule has 1 heterocycles. The summed E-state index contributed by atoms with van der Waals surface area (Å²) in [6.07, 6.45) is 0. The molecule has 60 heavy (non-hydrogen) atoms. The van der Waals surface area contributed by atoms with Gasteiger partial charge < -0.3 is 4.57 Å². The van der Waals surface area contributed by atoms with E-state index in [-0.39, 0.29) is 0 Å². The second-order valence-corrected chi connectivity index (χ2v) is 16.0. The highest BCUT2D eigenvalue weighted by Crippen LogP contribution is 2.47. The maximum Gasteiger partial charge on any atom is 0.140 e. The summed E-state index contributed by atoms with van der Waals surface area (Å²) in [6.45, 7) is 0. The fourth-order valence-electron chi connectivity index (χ4n) is 9.72. The zero-order valence-corrected chi connectivity index (χ0v) is 33.1. The molecule has 2 heteroatoms. The van der Waals surface area contributed by atoms with E-state index in [0.29, 0.717) is 0 Å². The van der Waals surface area contributed by atoms with Crippen LogP contribution in [0.1, 0.15) is 0 Å². The number of aryl methyl sites for hydroxylation is 1. The Morgan fingerprint density at radius 2 is 0.783 bits per heavy atom. The van der Waals surface area contributed by atoms with Crippen LogP contribution in [-0.4, -0.2) is 9.55 Å². The first-order valence-corrected chi connectivity index (χ1v) is 20.7. The quantitative estimate of drug-likeness (QED) is 0.160. The van der Waals surface area contributed by atoms with Crippen LogP contribution < -0.4 is 0 Å². The predicted octanol–water partition coefficient (Wildman–Crippen LogP) is 15.7. The lowest BCUT2D eigenvalue weighted by molar-refractivity contribution is 0.962. The van der Waals surface area contributed by atoms with Gasteiger partial charge in [-0.25, -0.2) is 4.98 Å². The van der Waals surface area contributed by atoms with Crippen molar-refractivity contribution in [1.82, 2.24) is 9.55 Å². The van der Waals surface area contributed by atoms with Crippen LogP contribution in [0.3, 0.4) is 0 Å². The fraction of sp³-hybridized carbons (Fsp3) is 0.0172. The van der Waals surface area contributed by atoms with Crippen LogP contribution in [0.2, 0.25) is 0 Å². The number of nitrogens with zero attached hydrogens (tertiary/aromatic N) is 2.